The molecule has 0 aliphatic rings. The predicted molar refractivity (Wildman–Crippen MR) is 30.0 cm³/mol. The lowest BCUT2D eigenvalue weighted by Gasteiger charge is -2.21. The maximum atomic E-state index is 8.73. The summed E-state index contributed by atoms with van der Waals surface area (Å²) in [6.45, 7) is -11.5. The van der Waals surface area contributed by atoms with Crippen molar-refractivity contribution in [1.82, 2.24) is 0 Å². The second-order valence-corrected chi connectivity index (χ2v) is 1.26. The number of nitrogens with zero attached hydrogens (tertiary/aromatic N) is 1. The molecule has 0 unspecified atom stereocenters. The van der Waals surface area contributed by atoms with Crippen molar-refractivity contribution >= 4 is 0 Å². The maximum Gasteiger partial charge on any atom is 0.101 e. The lowest BCUT2D eigenvalue weighted by atomic mass is 10.5. The van der Waals surface area contributed by atoms with E-state index in [1.165, 1.54) is 0 Å². The molecule has 44 valence electrons. The van der Waals surface area contributed by atoms with Crippen molar-refractivity contribution in [2.24, 2.45) is 0 Å². The number of aliphatic hydroxyl groups is 1. The van der Waals surface area contributed by atoms with Crippen LogP contribution >= 0.6 is 0 Å². The van der Waals surface area contributed by atoms with Crippen molar-refractivity contribution in [2.45, 2.75) is 0 Å². The molecule has 0 fully saturated rings. The van der Waals surface area contributed by atoms with E-state index in [2.05, 4.69) is 0 Å². The number of hydrogen-bond donors (Lipinski definition) is 1. The van der Waals surface area contributed by atoms with Crippen molar-refractivity contribution < 1.29 is 21.9 Å². The number of hydrogen-bond acceptors (Lipinski definition) is 1. The van der Waals surface area contributed by atoms with Gasteiger partial charge >= 0.3 is 0 Å². The summed E-state index contributed by atoms with van der Waals surface area (Å²) in [5.41, 5.74) is 0. The van der Waals surface area contributed by atoms with E-state index >= 15 is 0 Å². The van der Waals surface area contributed by atoms with Gasteiger partial charge in [0.05, 0.1) is 39.9 Å². The Labute approximate surface area is 57.6 Å². The number of aliphatic hydroxyl groups excluding tert-OH is 1. The fourth-order valence-electron chi connectivity index (χ4n) is 0.150. The fraction of sp³-hybridized carbons (Fsp3) is 1.00. The minimum atomic E-state index is -3.26. The van der Waals surface area contributed by atoms with Crippen molar-refractivity contribution in [3.05, 3.63) is 0 Å². The highest BCUT2D eigenvalue weighted by molar-refractivity contribution is 4.19. The Morgan fingerprint density at radius 1 is 1.57 bits per heavy atom. The van der Waals surface area contributed by atoms with E-state index in [4.69, 9.17) is 17.4 Å². The summed E-state index contributed by atoms with van der Waals surface area (Å²) in [5.74, 6) is 0. The average molecular weight is 113 g/mol. The van der Waals surface area contributed by atoms with Gasteiger partial charge in [0.1, 0.15) is 6.54 Å². The van der Waals surface area contributed by atoms with Gasteiger partial charge in [-0.15, -0.1) is 0 Å². The molecule has 0 aliphatic carbocycles. The zero-order chi connectivity index (χ0) is 13.4. The van der Waals surface area contributed by atoms with Crippen molar-refractivity contribution in [2.75, 3.05) is 34.1 Å². The highest BCUT2D eigenvalue weighted by Gasteiger charge is 2.02. The zero-order valence-electron chi connectivity index (χ0n) is 12.8. The molecule has 0 bridgehead atoms. The quantitative estimate of drug-likeness (QED) is 0.487. The van der Waals surface area contributed by atoms with E-state index in [1.807, 2.05) is 0 Å². The Balaban J connectivity index is 5.82. The molecule has 0 saturated heterocycles. The van der Waals surface area contributed by atoms with Crippen LogP contribution in [0.15, 0.2) is 0 Å². The summed E-state index contributed by atoms with van der Waals surface area (Å²) in [5, 5.41) is 8.73. The Kier molecular flexibility index (Phi) is 0.356. The van der Waals surface area contributed by atoms with Gasteiger partial charge in [-0.1, -0.05) is 0 Å². The van der Waals surface area contributed by atoms with Crippen LogP contribution in [-0.2, 0) is 0 Å². The normalized spacial score (nSPS) is 36.4. The topological polar surface area (TPSA) is 20.2 Å². The van der Waals surface area contributed by atoms with Gasteiger partial charge in [0.15, 0.2) is 0 Å². The summed E-state index contributed by atoms with van der Waals surface area (Å²) in [4.78, 5) is 0. The van der Waals surface area contributed by atoms with Gasteiger partial charge in [-0.3, -0.25) is 0 Å². The Bertz CT molecular complexity index is 202. The average Bonchev–Trinajstić information content (AvgIpc) is 1.91. The smallest absolute Gasteiger partial charge is 0.101 e. The summed E-state index contributed by atoms with van der Waals surface area (Å²) in [7, 11) is 0. The Hall–Kier alpha value is -0.0800. The van der Waals surface area contributed by atoms with E-state index in [0.717, 1.165) is 0 Å². The largest absolute Gasteiger partial charge is 0.391 e. The standard InChI is InChI=1S/C5H14NO/c1-6(2,3)4-5-7/h7H,4-5H2,1-3H3/q+1/i1D3,2D3,3D3. The molecule has 7 heavy (non-hydrogen) atoms. The van der Waals surface area contributed by atoms with Crippen LogP contribution < -0.4 is 0 Å². The first kappa shape index (κ1) is 1.09. The number of quaternary nitrogens is 1. The van der Waals surface area contributed by atoms with Crippen molar-refractivity contribution in [3.63, 3.8) is 0 Å². The number of rotatable bonds is 2. The second kappa shape index (κ2) is 2.28. The van der Waals surface area contributed by atoms with Gasteiger partial charge in [0, 0.05) is 0 Å². The molecule has 0 saturated carbocycles. The molecule has 0 heterocycles. The first-order valence-corrected chi connectivity index (χ1v) is 1.80. The van der Waals surface area contributed by atoms with Crippen LogP contribution in [0.5, 0.6) is 0 Å². The van der Waals surface area contributed by atoms with Gasteiger partial charge in [-0.05, 0) is 0 Å². The van der Waals surface area contributed by atoms with Crippen LogP contribution in [-0.4, -0.2) is 43.7 Å². The molecule has 0 aromatic rings. The summed E-state index contributed by atoms with van der Waals surface area (Å²) >= 11 is 0. The van der Waals surface area contributed by atoms with Gasteiger partial charge in [-0.25, -0.2) is 0 Å². The van der Waals surface area contributed by atoms with Gasteiger partial charge < -0.3 is 9.59 Å². The fourth-order valence-corrected chi connectivity index (χ4v) is 0.150. The Morgan fingerprint density at radius 3 is 2.29 bits per heavy atom. The molecule has 0 aromatic carbocycles. The van der Waals surface area contributed by atoms with Gasteiger partial charge in [-0.2, -0.15) is 0 Å². The van der Waals surface area contributed by atoms with E-state index in [0.29, 0.717) is 0 Å². The van der Waals surface area contributed by atoms with Crippen LogP contribution in [0.3, 0.4) is 0 Å². The summed E-state index contributed by atoms with van der Waals surface area (Å²) in [6, 6.07) is 0. The van der Waals surface area contributed by atoms with Crippen LogP contribution in [0.2, 0.25) is 0 Å². The third-order valence-electron chi connectivity index (χ3n) is 0.435. The molecule has 0 amide bonds. The molecular weight excluding hydrogens is 90.1 g/mol. The molecule has 0 aromatic heterocycles. The first-order chi connectivity index (χ1) is 6.81. The molecule has 0 rings (SSSR count). The zero-order valence-corrected chi connectivity index (χ0v) is 3.81. The minimum Gasteiger partial charge on any atom is -0.391 e. The lowest BCUT2D eigenvalue weighted by molar-refractivity contribution is -0.870. The highest BCUT2D eigenvalue weighted by atomic mass is 16.3. The molecule has 1 N–H and O–H groups in total. The van der Waals surface area contributed by atoms with E-state index < -0.39 is 38.6 Å². The highest BCUT2D eigenvalue weighted by Crippen LogP contribution is 1.84. The van der Waals surface area contributed by atoms with Crippen LogP contribution in [0.1, 0.15) is 12.3 Å². The molecule has 2 heteroatoms. The molecule has 0 atom stereocenters. The third-order valence-corrected chi connectivity index (χ3v) is 0.435. The first-order valence-electron chi connectivity index (χ1n) is 6.30. The van der Waals surface area contributed by atoms with Gasteiger partial charge in [0.2, 0.25) is 0 Å². The summed E-state index contributed by atoms with van der Waals surface area (Å²) < 4.78 is 62.0. The van der Waals surface area contributed by atoms with Crippen LogP contribution in [0, 0.1) is 0 Å². The van der Waals surface area contributed by atoms with E-state index in [-0.39, 0.29) is 0 Å². The Morgan fingerprint density at radius 2 is 2.14 bits per heavy atom. The van der Waals surface area contributed by atoms with Crippen LogP contribution in [0.25, 0.3) is 0 Å². The third kappa shape index (κ3) is 5.92. The molecule has 0 aliphatic heterocycles. The van der Waals surface area contributed by atoms with Crippen molar-refractivity contribution in [3.8, 4) is 0 Å². The SMILES string of the molecule is [2H]C([2H])([2H])[N+](CCO)(C([2H])([2H])[2H])C([2H])([2H])[2H]. The minimum absolute atomic E-state index is 0.838. The molecule has 2 nitrogen and oxygen atoms in total. The van der Waals surface area contributed by atoms with Gasteiger partial charge in [0.25, 0.3) is 0 Å². The van der Waals surface area contributed by atoms with Crippen LogP contribution in [0.4, 0.5) is 0 Å². The summed E-state index contributed by atoms with van der Waals surface area (Å²) in [6.07, 6.45) is 0. The molecule has 0 spiro atoms. The number of likely N-dealkylation sites (N-methyl/N-ethyl adjacent to an activating group) is 1. The molecular formula is C5H14NO+. The predicted octanol–water partition coefficient (Wildman–Crippen LogP) is -0.315. The monoisotopic (exact) mass is 113 g/mol. The lowest BCUT2D eigenvalue weighted by Crippen LogP contribution is -2.36. The maximum absolute atomic E-state index is 8.73. The van der Waals surface area contributed by atoms with E-state index in [1.54, 1.807) is 0 Å². The second-order valence-electron chi connectivity index (χ2n) is 1.26. The van der Waals surface area contributed by atoms with E-state index in [9.17, 15) is 0 Å². The molecule has 0 radical (unpaired) electrons. The van der Waals surface area contributed by atoms with Crippen molar-refractivity contribution in [1.29, 1.82) is 0 Å².